The van der Waals surface area contributed by atoms with E-state index in [0.29, 0.717) is 24.3 Å². The van der Waals surface area contributed by atoms with Crippen LogP contribution in [0.4, 0.5) is 0 Å². The largest absolute Gasteiger partial charge is 0.492 e. The quantitative estimate of drug-likeness (QED) is 0.384. The van der Waals surface area contributed by atoms with Crippen LogP contribution in [0.25, 0.3) is 0 Å². The van der Waals surface area contributed by atoms with Crippen LogP contribution in [0.3, 0.4) is 0 Å². The second-order valence-electron chi connectivity index (χ2n) is 7.34. The third kappa shape index (κ3) is 6.22. The Morgan fingerprint density at radius 1 is 1.14 bits per heavy atom. The number of rotatable bonds is 9. The zero-order valence-corrected chi connectivity index (χ0v) is 16.5. The number of nitrogens with zero attached hydrogens (tertiary/aromatic N) is 1. The molecule has 0 unspecified atom stereocenters. The molecule has 1 fully saturated rings. The lowest BCUT2D eigenvalue weighted by atomic mass is 10.1. The van der Waals surface area contributed by atoms with Crippen LogP contribution in [0.1, 0.15) is 24.0 Å². The fourth-order valence-electron chi connectivity index (χ4n) is 3.34. The van der Waals surface area contributed by atoms with Crippen molar-refractivity contribution in [3.63, 3.8) is 0 Å². The number of hydrogen-bond acceptors (Lipinski definition) is 5. The topological polar surface area (TPSA) is 121 Å². The summed E-state index contributed by atoms with van der Waals surface area (Å²) in [6.45, 7) is 2.12. The minimum atomic E-state index is -0.145. The summed E-state index contributed by atoms with van der Waals surface area (Å²) in [5.41, 5.74) is 13.5. The second kappa shape index (κ2) is 9.93. The van der Waals surface area contributed by atoms with Crippen molar-refractivity contribution in [2.45, 2.75) is 31.4 Å². The summed E-state index contributed by atoms with van der Waals surface area (Å²) in [5.74, 6) is 1.54. The van der Waals surface area contributed by atoms with Gasteiger partial charge in [-0.25, -0.2) is 0 Å². The van der Waals surface area contributed by atoms with Gasteiger partial charge < -0.3 is 25.8 Å². The molecule has 2 aromatic carbocycles. The Kier molecular flexibility index (Phi) is 7.08. The second-order valence-corrected chi connectivity index (χ2v) is 7.34. The number of nitrogens with one attached hydrogen (secondary N) is 2. The smallest absolute Gasteiger partial charge is 0.122 e. The third-order valence-corrected chi connectivity index (χ3v) is 4.99. The average molecular weight is 396 g/mol. The van der Waals surface area contributed by atoms with Crippen LogP contribution in [0.2, 0.25) is 0 Å². The van der Waals surface area contributed by atoms with Gasteiger partial charge in [-0.15, -0.1) is 0 Å². The average Bonchev–Trinajstić information content (AvgIpc) is 2.74. The Hall–Kier alpha value is -3.06. The van der Waals surface area contributed by atoms with E-state index in [-0.39, 0.29) is 18.0 Å². The molecular weight excluding hydrogens is 366 g/mol. The standard InChI is InChI=1S/C22H29N5O2/c23-15-27-10-8-20(9-11-27)29-19-6-4-16(5-7-19)12-18(24)14-28-21-3-1-2-17(13-21)22(25)26/h1-7,13,15,18,20,23H,8-12,14,24H2,(H3,25,26)/t18-/m0/s1. The van der Waals surface area contributed by atoms with E-state index < -0.39 is 0 Å². The summed E-state index contributed by atoms with van der Waals surface area (Å²) in [4.78, 5) is 2.00. The predicted octanol–water partition coefficient (Wildman–Crippen LogP) is 2.37. The highest BCUT2D eigenvalue weighted by molar-refractivity contribution is 5.95. The van der Waals surface area contributed by atoms with E-state index in [1.165, 1.54) is 6.34 Å². The maximum atomic E-state index is 7.49. The van der Waals surface area contributed by atoms with Crippen molar-refractivity contribution in [3.8, 4) is 11.5 Å². The maximum Gasteiger partial charge on any atom is 0.122 e. The highest BCUT2D eigenvalue weighted by atomic mass is 16.5. The highest BCUT2D eigenvalue weighted by Gasteiger charge is 2.18. The molecule has 7 nitrogen and oxygen atoms in total. The summed E-state index contributed by atoms with van der Waals surface area (Å²) < 4.78 is 11.8. The van der Waals surface area contributed by atoms with Gasteiger partial charge in [0.15, 0.2) is 0 Å². The van der Waals surface area contributed by atoms with E-state index in [9.17, 15) is 0 Å². The molecule has 6 N–H and O–H groups in total. The minimum Gasteiger partial charge on any atom is -0.492 e. The summed E-state index contributed by atoms with van der Waals surface area (Å²) in [7, 11) is 0. The van der Waals surface area contributed by atoms with Crippen LogP contribution in [-0.2, 0) is 6.42 Å². The van der Waals surface area contributed by atoms with Crippen molar-refractivity contribution in [2.24, 2.45) is 11.5 Å². The Balaban J connectivity index is 1.45. The molecule has 0 aliphatic carbocycles. The first-order valence-electron chi connectivity index (χ1n) is 9.86. The first-order valence-corrected chi connectivity index (χ1v) is 9.86. The molecule has 29 heavy (non-hydrogen) atoms. The summed E-state index contributed by atoms with van der Waals surface area (Å²) in [5, 5.41) is 14.8. The van der Waals surface area contributed by atoms with Crippen molar-refractivity contribution in [2.75, 3.05) is 19.7 Å². The molecule has 0 bridgehead atoms. The zero-order valence-electron chi connectivity index (χ0n) is 16.5. The van der Waals surface area contributed by atoms with E-state index in [1.54, 1.807) is 12.1 Å². The molecule has 1 heterocycles. The number of hydrogen-bond donors (Lipinski definition) is 4. The Morgan fingerprint density at radius 3 is 2.52 bits per heavy atom. The van der Waals surface area contributed by atoms with E-state index in [4.69, 9.17) is 31.8 Å². The lowest BCUT2D eigenvalue weighted by Crippen LogP contribution is -2.37. The van der Waals surface area contributed by atoms with Gasteiger partial charge >= 0.3 is 0 Å². The number of benzene rings is 2. The van der Waals surface area contributed by atoms with Crippen LogP contribution in [0.15, 0.2) is 48.5 Å². The minimum absolute atomic E-state index is 0.0160. The number of nitrogens with two attached hydrogens (primary N) is 2. The summed E-state index contributed by atoms with van der Waals surface area (Å²) in [6.07, 6.45) is 4.18. The summed E-state index contributed by atoms with van der Waals surface area (Å²) >= 11 is 0. The maximum absolute atomic E-state index is 7.49. The first kappa shape index (κ1) is 20.7. The molecular formula is C22H29N5O2. The number of amidine groups is 1. The van der Waals surface area contributed by atoms with Gasteiger partial charge in [0.25, 0.3) is 0 Å². The fraction of sp³-hybridized carbons (Fsp3) is 0.364. The van der Waals surface area contributed by atoms with Gasteiger partial charge in [0, 0.05) is 37.5 Å². The van der Waals surface area contributed by atoms with Gasteiger partial charge in [-0.05, 0) is 36.2 Å². The van der Waals surface area contributed by atoms with Crippen LogP contribution in [-0.4, -0.2) is 48.9 Å². The SMILES string of the molecule is N=CN1CCC(Oc2ccc(C[C@H](N)COc3cccc(C(=N)N)c3)cc2)CC1. The fourth-order valence-corrected chi connectivity index (χ4v) is 3.34. The molecule has 3 rings (SSSR count). The van der Waals surface area contributed by atoms with E-state index in [0.717, 1.165) is 37.2 Å². The van der Waals surface area contributed by atoms with Crippen molar-refractivity contribution >= 4 is 12.2 Å². The summed E-state index contributed by atoms with van der Waals surface area (Å²) in [6, 6.07) is 15.1. The molecule has 2 aromatic rings. The normalized spacial score (nSPS) is 15.6. The monoisotopic (exact) mass is 395 g/mol. The molecule has 1 atom stereocenters. The first-order chi connectivity index (χ1) is 14.0. The van der Waals surface area contributed by atoms with Crippen LogP contribution in [0.5, 0.6) is 11.5 Å². The van der Waals surface area contributed by atoms with Gasteiger partial charge in [0.1, 0.15) is 30.0 Å². The molecule has 1 saturated heterocycles. The van der Waals surface area contributed by atoms with Crippen LogP contribution < -0.4 is 20.9 Å². The van der Waals surface area contributed by atoms with E-state index in [2.05, 4.69) is 0 Å². The van der Waals surface area contributed by atoms with Gasteiger partial charge in [-0.1, -0.05) is 24.3 Å². The lowest BCUT2D eigenvalue weighted by Gasteiger charge is -2.30. The molecule has 1 aliphatic heterocycles. The molecule has 7 heteroatoms. The number of likely N-dealkylation sites (tertiary alicyclic amines) is 1. The van der Waals surface area contributed by atoms with Crippen LogP contribution in [0, 0.1) is 10.8 Å². The predicted molar refractivity (Wildman–Crippen MR) is 115 cm³/mol. The molecule has 0 amide bonds. The van der Waals surface area contributed by atoms with Crippen molar-refractivity contribution in [1.82, 2.24) is 4.90 Å². The highest BCUT2D eigenvalue weighted by Crippen LogP contribution is 2.20. The Morgan fingerprint density at radius 2 is 1.86 bits per heavy atom. The molecule has 0 aromatic heterocycles. The zero-order chi connectivity index (χ0) is 20.6. The molecule has 1 aliphatic rings. The van der Waals surface area contributed by atoms with Gasteiger partial charge in [-0.3, -0.25) is 10.8 Å². The van der Waals surface area contributed by atoms with Crippen molar-refractivity contribution < 1.29 is 9.47 Å². The third-order valence-electron chi connectivity index (χ3n) is 4.99. The molecule has 0 saturated carbocycles. The van der Waals surface area contributed by atoms with Crippen molar-refractivity contribution in [3.05, 3.63) is 59.7 Å². The van der Waals surface area contributed by atoms with Crippen LogP contribution >= 0.6 is 0 Å². The molecule has 0 radical (unpaired) electrons. The molecule has 154 valence electrons. The number of nitrogen functional groups attached to an aromatic ring is 1. The van der Waals surface area contributed by atoms with E-state index in [1.807, 2.05) is 41.3 Å². The molecule has 0 spiro atoms. The van der Waals surface area contributed by atoms with Gasteiger partial charge in [-0.2, -0.15) is 0 Å². The number of piperidine rings is 1. The van der Waals surface area contributed by atoms with Crippen molar-refractivity contribution in [1.29, 1.82) is 10.8 Å². The Labute approximate surface area is 171 Å². The van der Waals surface area contributed by atoms with Gasteiger partial charge in [0.2, 0.25) is 0 Å². The lowest BCUT2D eigenvalue weighted by molar-refractivity contribution is 0.132. The number of ether oxygens (including phenoxy) is 2. The van der Waals surface area contributed by atoms with Gasteiger partial charge in [0.05, 0.1) is 6.34 Å². The Bertz CT molecular complexity index is 816. The van der Waals surface area contributed by atoms with E-state index >= 15 is 0 Å².